The number of ether oxygens (including phenoxy) is 2. The maximum atomic E-state index is 12.4. The summed E-state index contributed by atoms with van der Waals surface area (Å²) in [6.07, 6.45) is 1.87. The summed E-state index contributed by atoms with van der Waals surface area (Å²) in [5.41, 5.74) is 1.96. The molecule has 2 aliphatic heterocycles. The molecule has 1 aromatic carbocycles. The van der Waals surface area contributed by atoms with E-state index in [0.717, 1.165) is 12.8 Å². The highest BCUT2D eigenvalue weighted by atomic mass is 16.6. The van der Waals surface area contributed by atoms with Gasteiger partial charge in [0.25, 0.3) is 0 Å². The van der Waals surface area contributed by atoms with E-state index in [1.807, 2.05) is 23.6 Å². The Bertz CT molecular complexity index is 537. The van der Waals surface area contributed by atoms with E-state index >= 15 is 0 Å². The fourth-order valence-corrected chi connectivity index (χ4v) is 3.35. The van der Waals surface area contributed by atoms with Gasteiger partial charge in [-0.3, -0.25) is 5.43 Å². The molecule has 118 valence electrons. The van der Waals surface area contributed by atoms with Crippen LogP contribution >= 0.6 is 0 Å². The topological polar surface area (TPSA) is 93.9 Å². The largest absolute Gasteiger partial charge is 0.445 e. The standard InChI is InChI=1S/C15H19N3O4/c16-17-14(19)21-13-8-10-6-7-11(9-13)18(10)15(20)22-12-4-2-1-3-5-12/h1-5,10-11,13H,6-9,16H2,(H,17,19)/t10-,11+,13+. The normalized spacial score (nSPS) is 26.4. The molecule has 2 bridgehead atoms. The third kappa shape index (κ3) is 2.99. The van der Waals surface area contributed by atoms with Crippen molar-refractivity contribution in [2.45, 2.75) is 43.9 Å². The van der Waals surface area contributed by atoms with Crippen LogP contribution in [-0.2, 0) is 4.74 Å². The molecule has 0 unspecified atom stereocenters. The maximum Gasteiger partial charge on any atom is 0.421 e. The van der Waals surface area contributed by atoms with Crippen LogP contribution < -0.4 is 16.0 Å². The molecule has 3 atom stereocenters. The van der Waals surface area contributed by atoms with Gasteiger partial charge >= 0.3 is 12.2 Å². The van der Waals surface area contributed by atoms with Crippen LogP contribution in [0.3, 0.4) is 0 Å². The van der Waals surface area contributed by atoms with Crippen molar-refractivity contribution < 1.29 is 19.1 Å². The van der Waals surface area contributed by atoms with Crippen LogP contribution in [-0.4, -0.2) is 35.3 Å². The molecule has 22 heavy (non-hydrogen) atoms. The lowest BCUT2D eigenvalue weighted by Gasteiger charge is -2.37. The van der Waals surface area contributed by atoms with Crippen molar-refractivity contribution in [3.8, 4) is 5.75 Å². The van der Waals surface area contributed by atoms with Crippen LogP contribution in [0.4, 0.5) is 9.59 Å². The highest BCUT2D eigenvalue weighted by Crippen LogP contribution is 2.37. The summed E-state index contributed by atoms with van der Waals surface area (Å²) in [6, 6.07) is 9.11. The smallest absolute Gasteiger partial charge is 0.421 e. The van der Waals surface area contributed by atoms with Gasteiger partial charge in [-0.25, -0.2) is 15.4 Å². The number of carbonyl (C=O) groups is 2. The maximum absolute atomic E-state index is 12.4. The fraction of sp³-hybridized carbons (Fsp3) is 0.467. The number of piperidine rings is 1. The second kappa shape index (κ2) is 6.23. The average molecular weight is 305 g/mol. The number of benzene rings is 1. The number of hydrogen-bond donors (Lipinski definition) is 2. The molecule has 0 aliphatic carbocycles. The van der Waals surface area contributed by atoms with Crippen LogP contribution in [0.5, 0.6) is 5.75 Å². The number of nitrogens with two attached hydrogens (primary N) is 1. The zero-order valence-electron chi connectivity index (χ0n) is 12.1. The molecule has 0 saturated carbocycles. The van der Waals surface area contributed by atoms with Gasteiger partial charge in [0, 0.05) is 24.9 Å². The Morgan fingerprint density at radius 2 is 1.77 bits per heavy atom. The van der Waals surface area contributed by atoms with E-state index in [2.05, 4.69) is 0 Å². The minimum atomic E-state index is -0.635. The van der Waals surface area contributed by atoms with Crippen molar-refractivity contribution >= 4 is 12.2 Å². The zero-order valence-corrected chi connectivity index (χ0v) is 12.1. The SMILES string of the molecule is NNC(=O)O[C@H]1C[C@H]2CC[C@@H](C1)N2C(=O)Oc1ccccc1. The van der Waals surface area contributed by atoms with Gasteiger partial charge in [0.15, 0.2) is 0 Å². The zero-order chi connectivity index (χ0) is 15.5. The van der Waals surface area contributed by atoms with Gasteiger partial charge in [-0.15, -0.1) is 0 Å². The summed E-state index contributed by atoms with van der Waals surface area (Å²) in [4.78, 5) is 25.4. The fourth-order valence-electron chi connectivity index (χ4n) is 3.35. The summed E-state index contributed by atoms with van der Waals surface area (Å²) in [6.45, 7) is 0. The van der Waals surface area contributed by atoms with Gasteiger partial charge in [-0.05, 0) is 25.0 Å². The summed E-state index contributed by atoms with van der Waals surface area (Å²) < 4.78 is 10.6. The van der Waals surface area contributed by atoms with Crippen LogP contribution in [0.1, 0.15) is 25.7 Å². The molecular formula is C15H19N3O4. The first-order valence-electron chi connectivity index (χ1n) is 7.40. The van der Waals surface area contributed by atoms with Crippen molar-refractivity contribution in [1.29, 1.82) is 0 Å². The van der Waals surface area contributed by atoms with Gasteiger partial charge in [-0.1, -0.05) is 18.2 Å². The molecule has 7 nitrogen and oxygen atoms in total. The molecule has 7 heteroatoms. The average Bonchev–Trinajstić information content (AvgIpc) is 2.80. The predicted octanol–water partition coefficient (Wildman–Crippen LogP) is 1.78. The molecule has 3 rings (SSSR count). The minimum absolute atomic E-state index is 0.0468. The number of amides is 2. The van der Waals surface area contributed by atoms with Crippen molar-refractivity contribution in [3.63, 3.8) is 0 Å². The molecule has 3 N–H and O–H groups in total. The number of rotatable bonds is 2. The van der Waals surface area contributed by atoms with Crippen molar-refractivity contribution in [1.82, 2.24) is 10.3 Å². The van der Waals surface area contributed by atoms with Gasteiger partial charge in [0.1, 0.15) is 11.9 Å². The Morgan fingerprint density at radius 1 is 1.14 bits per heavy atom. The van der Waals surface area contributed by atoms with E-state index in [-0.39, 0.29) is 24.3 Å². The molecule has 0 radical (unpaired) electrons. The Hall–Kier alpha value is -2.28. The first-order valence-corrected chi connectivity index (χ1v) is 7.40. The first kappa shape index (κ1) is 14.6. The predicted molar refractivity (Wildman–Crippen MR) is 77.9 cm³/mol. The Labute approximate surface area is 128 Å². The third-order valence-corrected chi connectivity index (χ3v) is 4.24. The number of nitrogens with one attached hydrogen (secondary N) is 1. The summed E-state index contributed by atoms with van der Waals surface area (Å²) >= 11 is 0. The van der Waals surface area contributed by atoms with Crippen LogP contribution in [0, 0.1) is 0 Å². The first-order chi connectivity index (χ1) is 10.7. The van der Waals surface area contributed by atoms with E-state index in [9.17, 15) is 9.59 Å². The van der Waals surface area contributed by atoms with Crippen LogP contribution in [0.25, 0.3) is 0 Å². The quantitative estimate of drug-likeness (QED) is 0.493. The molecule has 2 aliphatic rings. The number of nitrogens with zero attached hydrogens (tertiary/aromatic N) is 1. The van der Waals surface area contributed by atoms with E-state index in [0.29, 0.717) is 18.6 Å². The highest BCUT2D eigenvalue weighted by Gasteiger charge is 2.45. The minimum Gasteiger partial charge on any atom is -0.445 e. The molecule has 0 aromatic heterocycles. The summed E-state index contributed by atoms with van der Waals surface area (Å²) in [7, 11) is 0. The third-order valence-electron chi connectivity index (χ3n) is 4.24. The molecule has 2 heterocycles. The number of para-hydroxylation sites is 1. The van der Waals surface area contributed by atoms with Gasteiger partial charge in [0.2, 0.25) is 0 Å². The van der Waals surface area contributed by atoms with Crippen LogP contribution in [0.15, 0.2) is 30.3 Å². The number of fused-ring (bicyclic) bond motifs is 2. The second-order valence-electron chi connectivity index (χ2n) is 5.62. The Kier molecular flexibility index (Phi) is 4.15. The molecule has 0 spiro atoms. The summed E-state index contributed by atoms with van der Waals surface area (Å²) in [5, 5.41) is 0. The molecule has 2 saturated heterocycles. The van der Waals surface area contributed by atoms with Gasteiger partial charge in [-0.2, -0.15) is 0 Å². The molecule has 1 aromatic rings. The number of carbonyl (C=O) groups excluding carboxylic acids is 2. The number of hydrazine groups is 1. The van der Waals surface area contributed by atoms with Crippen molar-refractivity contribution in [2.24, 2.45) is 5.84 Å². The lowest BCUT2D eigenvalue weighted by atomic mass is 10.0. The molecule has 2 fully saturated rings. The highest BCUT2D eigenvalue weighted by molar-refractivity contribution is 5.72. The lowest BCUT2D eigenvalue weighted by Crippen LogP contribution is -2.50. The van der Waals surface area contributed by atoms with Crippen molar-refractivity contribution in [2.75, 3.05) is 0 Å². The molecular weight excluding hydrogens is 286 g/mol. The van der Waals surface area contributed by atoms with E-state index in [4.69, 9.17) is 15.3 Å². The monoisotopic (exact) mass is 305 g/mol. The van der Waals surface area contributed by atoms with E-state index < -0.39 is 6.09 Å². The Balaban J connectivity index is 1.62. The lowest BCUT2D eigenvalue weighted by molar-refractivity contribution is 0.0241. The molecule has 2 amide bonds. The van der Waals surface area contributed by atoms with Gasteiger partial charge in [0.05, 0.1) is 0 Å². The number of hydrogen-bond acceptors (Lipinski definition) is 5. The second-order valence-corrected chi connectivity index (χ2v) is 5.62. The van der Waals surface area contributed by atoms with E-state index in [1.165, 1.54) is 0 Å². The summed E-state index contributed by atoms with van der Waals surface area (Å²) in [5.74, 6) is 5.56. The van der Waals surface area contributed by atoms with Crippen LogP contribution in [0.2, 0.25) is 0 Å². The van der Waals surface area contributed by atoms with Gasteiger partial charge < -0.3 is 14.4 Å². The van der Waals surface area contributed by atoms with Crippen molar-refractivity contribution in [3.05, 3.63) is 30.3 Å². The Morgan fingerprint density at radius 3 is 2.36 bits per heavy atom. The van der Waals surface area contributed by atoms with E-state index in [1.54, 1.807) is 17.0 Å².